The van der Waals surface area contributed by atoms with E-state index in [0.717, 1.165) is 20.8 Å². The summed E-state index contributed by atoms with van der Waals surface area (Å²) in [6.45, 7) is 3.76. The number of alkyl halides is 2. The lowest BCUT2D eigenvalue weighted by atomic mass is 9.94. The van der Waals surface area contributed by atoms with Crippen molar-refractivity contribution in [3.63, 3.8) is 0 Å². The molecule has 5 aliphatic rings. The van der Waals surface area contributed by atoms with Crippen molar-refractivity contribution >= 4 is 23.7 Å². The van der Waals surface area contributed by atoms with Gasteiger partial charge < -0.3 is 95.0 Å². The quantitative estimate of drug-likeness (QED) is 0.0730. The second kappa shape index (κ2) is 18.2. The lowest BCUT2D eigenvalue weighted by molar-refractivity contribution is -0.370. The van der Waals surface area contributed by atoms with Gasteiger partial charge in [0.2, 0.25) is 17.7 Å². The number of amides is 3. The largest absolute Gasteiger partial charge is 0.479 e. The fourth-order valence-electron chi connectivity index (χ4n) is 6.95. The summed E-state index contributed by atoms with van der Waals surface area (Å²) in [5.41, 5.74) is 5.13. The minimum absolute atomic E-state index is 0.656. The van der Waals surface area contributed by atoms with E-state index in [4.69, 9.17) is 48.4 Å². The average molecular weight is 833 g/mol. The topological polar surface area (TPSA) is 338 Å². The predicted octanol–water partition coefficient (Wildman–Crippen LogP) is -5.55. The Morgan fingerprint density at radius 3 is 1.70 bits per heavy atom. The standard InChI is InChI=1S/C32H50F2N4O19/c1-8-16(42)18(44)13(36-10(3)39)28(50-8)55-24-20(46)19(45)23(26(47)48)54-30(24)52-21-14(37-11(4)40)29(51-9(2)17(21)43)53-22-15(38-12(5)41)27(57-31-25(22)56-31)49-7-32(33,34)6-35/h8-9,13-25,27-31,42-46H,6-7,35H2,1-5H3,(H,36,39)(H,37,40)(H,38,41)(H,47,48)/t8?,9?,13-,14?,15?,16+,17-,18?,19-,20?,21?,22?,23?,24?,25+,27+,28-,29-,30+,31?/m0/s1. The number of nitrogens with one attached hydrogen (secondary N) is 3. The number of carbonyl (C=O) groups excluding carboxylic acids is 3. The highest BCUT2D eigenvalue weighted by Gasteiger charge is 2.61. The van der Waals surface area contributed by atoms with Gasteiger partial charge in [-0.15, -0.1) is 0 Å². The zero-order valence-corrected chi connectivity index (χ0v) is 31.3. The van der Waals surface area contributed by atoms with E-state index < -0.39 is 166 Å². The van der Waals surface area contributed by atoms with Crippen molar-refractivity contribution < 1.29 is 101 Å². The molecule has 3 amide bonds. The average Bonchev–Trinajstić information content (AvgIpc) is 3.91. The van der Waals surface area contributed by atoms with E-state index >= 15 is 0 Å². The number of fused-ring (bicyclic) bond motifs is 1. The fraction of sp³-hybridized carbons (Fsp3) is 0.875. The molecule has 0 aromatic heterocycles. The van der Waals surface area contributed by atoms with Crippen molar-refractivity contribution in [3.8, 4) is 0 Å². The third-order valence-electron chi connectivity index (χ3n) is 9.91. The second-order valence-electron chi connectivity index (χ2n) is 14.5. The number of hydrogen-bond donors (Lipinski definition) is 10. The molecule has 5 heterocycles. The van der Waals surface area contributed by atoms with Gasteiger partial charge in [0, 0.05) is 20.8 Å². The molecule has 11 N–H and O–H groups in total. The van der Waals surface area contributed by atoms with E-state index in [1.807, 2.05) is 0 Å². The summed E-state index contributed by atoms with van der Waals surface area (Å²) in [7, 11) is 0. The lowest BCUT2D eigenvalue weighted by Crippen LogP contribution is -2.70. The van der Waals surface area contributed by atoms with Crippen molar-refractivity contribution in [3.05, 3.63) is 0 Å². The highest BCUT2D eigenvalue weighted by Crippen LogP contribution is 2.41. The molecule has 0 bridgehead atoms. The first-order valence-electron chi connectivity index (χ1n) is 18.0. The van der Waals surface area contributed by atoms with Crippen LogP contribution in [-0.4, -0.2) is 196 Å². The minimum atomic E-state index is -3.47. The van der Waals surface area contributed by atoms with Crippen LogP contribution in [0.2, 0.25) is 0 Å². The predicted molar refractivity (Wildman–Crippen MR) is 176 cm³/mol. The van der Waals surface area contributed by atoms with Gasteiger partial charge in [0.15, 0.2) is 37.6 Å². The summed E-state index contributed by atoms with van der Waals surface area (Å²) in [5, 5.41) is 71.9. The Labute approximate surface area is 323 Å². The third kappa shape index (κ3) is 10.3. The highest BCUT2D eigenvalue weighted by molar-refractivity contribution is 5.74. The molecule has 0 aliphatic carbocycles. The van der Waals surface area contributed by atoms with Crippen molar-refractivity contribution in [1.29, 1.82) is 0 Å². The summed E-state index contributed by atoms with van der Waals surface area (Å²) in [6.07, 6.45) is -27.6. The number of aliphatic hydroxyl groups excluding tert-OH is 5. The van der Waals surface area contributed by atoms with Gasteiger partial charge in [0.05, 0.1) is 18.8 Å². The van der Waals surface area contributed by atoms with Gasteiger partial charge in [0.1, 0.15) is 79.7 Å². The first-order chi connectivity index (χ1) is 26.6. The van der Waals surface area contributed by atoms with Gasteiger partial charge in [-0.25, -0.2) is 13.6 Å². The summed E-state index contributed by atoms with van der Waals surface area (Å²) in [4.78, 5) is 49.1. The summed E-state index contributed by atoms with van der Waals surface area (Å²) in [5.74, 6) is -7.32. The van der Waals surface area contributed by atoms with Crippen molar-refractivity contribution in [2.45, 2.75) is 163 Å². The molecule has 5 fully saturated rings. The first-order valence-corrected chi connectivity index (χ1v) is 18.0. The Balaban J connectivity index is 1.46. The number of ether oxygens (including phenoxy) is 9. The van der Waals surface area contributed by atoms with Crippen LogP contribution in [0.3, 0.4) is 0 Å². The normalized spacial score (nSPS) is 44.6. The van der Waals surface area contributed by atoms with E-state index in [-0.39, 0.29) is 0 Å². The molecule has 57 heavy (non-hydrogen) atoms. The maximum atomic E-state index is 14.1. The number of rotatable bonds is 14. The van der Waals surface area contributed by atoms with Crippen LogP contribution in [0.4, 0.5) is 8.78 Å². The Morgan fingerprint density at radius 1 is 0.632 bits per heavy atom. The molecule has 5 saturated heterocycles. The van der Waals surface area contributed by atoms with Gasteiger partial charge in [-0.1, -0.05) is 0 Å². The summed E-state index contributed by atoms with van der Waals surface area (Å²) < 4.78 is 80.0. The Morgan fingerprint density at radius 2 is 1.14 bits per heavy atom. The number of carbonyl (C=O) groups is 4. The zero-order chi connectivity index (χ0) is 42.3. The molecule has 20 atom stereocenters. The van der Waals surface area contributed by atoms with E-state index in [2.05, 4.69) is 16.0 Å². The smallest absolute Gasteiger partial charge is 0.335 e. The molecular weight excluding hydrogens is 782 g/mol. The van der Waals surface area contributed by atoms with Crippen LogP contribution in [0.15, 0.2) is 0 Å². The number of aliphatic carboxylic acids is 1. The van der Waals surface area contributed by atoms with Crippen LogP contribution >= 0.6 is 0 Å². The van der Waals surface area contributed by atoms with Gasteiger partial charge >= 0.3 is 5.97 Å². The molecule has 5 rings (SSSR count). The molecular formula is C32H50F2N4O19. The maximum Gasteiger partial charge on any atom is 0.335 e. The van der Waals surface area contributed by atoms with E-state index in [9.17, 15) is 58.6 Å². The van der Waals surface area contributed by atoms with E-state index in [1.165, 1.54) is 13.8 Å². The van der Waals surface area contributed by atoms with Gasteiger partial charge in [-0.2, -0.15) is 0 Å². The summed E-state index contributed by atoms with van der Waals surface area (Å²) in [6, 6.07) is -4.38. The minimum Gasteiger partial charge on any atom is -0.479 e. The molecule has 0 saturated carbocycles. The number of carboxylic acid groups (broad SMARTS) is 1. The van der Waals surface area contributed by atoms with Crippen LogP contribution in [0.1, 0.15) is 34.6 Å². The molecule has 0 spiro atoms. The second-order valence-corrected chi connectivity index (χ2v) is 14.5. The van der Waals surface area contributed by atoms with Gasteiger partial charge in [-0.05, 0) is 13.8 Å². The lowest BCUT2D eigenvalue weighted by Gasteiger charge is -2.49. The number of halogens is 2. The van der Waals surface area contributed by atoms with Crippen LogP contribution in [0, 0.1) is 0 Å². The van der Waals surface area contributed by atoms with Crippen molar-refractivity contribution in [2.24, 2.45) is 5.73 Å². The molecule has 5 aliphatic heterocycles. The fourth-order valence-corrected chi connectivity index (χ4v) is 6.95. The van der Waals surface area contributed by atoms with E-state index in [0.29, 0.717) is 0 Å². The number of aliphatic hydroxyl groups is 5. The Kier molecular flexibility index (Phi) is 14.4. The number of hydrogen-bond acceptors (Lipinski definition) is 19. The summed E-state index contributed by atoms with van der Waals surface area (Å²) >= 11 is 0. The Hall–Kier alpha value is -2.86. The van der Waals surface area contributed by atoms with Crippen LogP contribution in [-0.2, 0) is 61.8 Å². The maximum absolute atomic E-state index is 14.1. The number of carboxylic acids is 1. The number of nitrogens with two attached hydrogens (primary N) is 1. The van der Waals surface area contributed by atoms with Gasteiger partial charge in [-0.3, -0.25) is 14.4 Å². The molecule has 0 aromatic rings. The molecule has 326 valence electrons. The first kappa shape index (κ1) is 45.2. The molecule has 0 radical (unpaired) electrons. The van der Waals surface area contributed by atoms with Gasteiger partial charge in [0.25, 0.3) is 5.92 Å². The zero-order valence-electron chi connectivity index (χ0n) is 31.3. The monoisotopic (exact) mass is 832 g/mol. The third-order valence-corrected chi connectivity index (χ3v) is 9.91. The Bertz CT molecular complexity index is 1460. The SMILES string of the molecule is CC(=O)NC1C(O[C@@H]2OC(C(=O)O)[C@@H](O)C(O)C2O[C@@H]2OC(C)[C@@H](O)C(O)[C@@H]2NC(C)=O)[C@@H](O)C(C)O[C@H]1OC1C(NC(C)=O)[C@H](OCC(F)(F)CN)OC2O[C@@H]21. The highest BCUT2D eigenvalue weighted by atomic mass is 19.3. The van der Waals surface area contributed by atoms with Crippen molar-refractivity contribution in [2.75, 3.05) is 13.2 Å². The molecule has 11 unspecified atom stereocenters. The van der Waals surface area contributed by atoms with E-state index in [1.54, 1.807) is 0 Å². The van der Waals surface area contributed by atoms with Crippen LogP contribution in [0.25, 0.3) is 0 Å². The van der Waals surface area contributed by atoms with Crippen molar-refractivity contribution in [1.82, 2.24) is 16.0 Å². The molecule has 23 nitrogen and oxygen atoms in total. The number of epoxide rings is 1. The molecule has 25 heteroatoms. The molecule has 0 aromatic carbocycles. The van der Waals surface area contributed by atoms with Crippen LogP contribution < -0.4 is 21.7 Å². The van der Waals surface area contributed by atoms with Crippen LogP contribution in [0.5, 0.6) is 0 Å².